The second-order valence-electron chi connectivity index (χ2n) is 12.3. The van der Waals surface area contributed by atoms with Crippen molar-refractivity contribution in [2.75, 3.05) is 6.61 Å². The number of hydrogen-bond acceptors (Lipinski definition) is 7. The van der Waals surface area contributed by atoms with E-state index in [1.54, 1.807) is 26.0 Å². The number of fused-ring (bicyclic) bond motifs is 7. The van der Waals surface area contributed by atoms with E-state index in [1.807, 2.05) is 6.08 Å². The van der Waals surface area contributed by atoms with Gasteiger partial charge < -0.3 is 19.3 Å². The standard InChI is InChI=1S/C29H40O7/c1-6-7-24-35-23-13-20-19-9-8-17-12-18(30)10-11-27(17,4)25(19)21(31)14-28(20,5)29(23,36-24)22(32)15-34-26(33)16(2)3/h10-12,16,19-21,23-25,31H,6-9,13-15H2,1-5H3/t19-,20-,21-,23+,24?,25+,27-,28-,29+/m0/s1. The van der Waals surface area contributed by atoms with Crippen LogP contribution in [0.3, 0.4) is 0 Å². The lowest BCUT2D eigenvalue weighted by molar-refractivity contribution is -0.201. The summed E-state index contributed by atoms with van der Waals surface area (Å²) in [7, 11) is 0. The van der Waals surface area contributed by atoms with Gasteiger partial charge in [-0.25, -0.2) is 0 Å². The van der Waals surface area contributed by atoms with Gasteiger partial charge >= 0.3 is 5.97 Å². The third kappa shape index (κ3) is 3.52. The minimum atomic E-state index is -1.25. The Morgan fingerprint density at radius 3 is 2.72 bits per heavy atom. The third-order valence-corrected chi connectivity index (χ3v) is 10.0. The molecule has 1 N–H and O–H groups in total. The van der Waals surface area contributed by atoms with Gasteiger partial charge in [0, 0.05) is 16.7 Å². The van der Waals surface area contributed by atoms with Crippen molar-refractivity contribution in [1.82, 2.24) is 0 Å². The molecule has 9 atom stereocenters. The Bertz CT molecular complexity index is 1010. The molecule has 0 aromatic carbocycles. The molecular weight excluding hydrogens is 460 g/mol. The molecule has 4 aliphatic carbocycles. The number of ether oxygens (including phenoxy) is 3. The zero-order valence-electron chi connectivity index (χ0n) is 22.1. The maximum atomic E-state index is 14.0. The summed E-state index contributed by atoms with van der Waals surface area (Å²) >= 11 is 0. The van der Waals surface area contributed by atoms with E-state index in [4.69, 9.17) is 14.2 Å². The summed E-state index contributed by atoms with van der Waals surface area (Å²) in [5, 5.41) is 11.7. The molecular formula is C29H40O7. The van der Waals surface area contributed by atoms with E-state index in [-0.39, 0.29) is 47.3 Å². The van der Waals surface area contributed by atoms with Gasteiger partial charge in [-0.2, -0.15) is 0 Å². The lowest BCUT2D eigenvalue weighted by atomic mass is 9.46. The van der Waals surface area contributed by atoms with Crippen LogP contribution in [0.15, 0.2) is 23.8 Å². The molecule has 7 heteroatoms. The quantitative estimate of drug-likeness (QED) is 0.552. The van der Waals surface area contributed by atoms with Gasteiger partial charge in [-0.1, -0.05) is 52.7 Å². The van der Waals surface area contributed by atoms with Crippen LogP contribution < -0.4 is 0 Å². The molecule has 5 rings (SSSR count). The lowest BCUT2D eigenvalue weighted by Crippen LogP contribution is -2.63. The number of esters is 1. The van der Waals surface area contributed by atoms with Gasteiger partial charge in [0.1, 0.15) is 0 Å². The van der Waals surface area contributed by atoms with Crippen molar-refractivity contribution >= 4 is 17.5 Å². The molecule has 1 saturated heterocycles. The van der Waals surface area contributed by atoms with Crippen LogP contribution in [-0.4, -0.2) is 53.3 Å². The molecule has 7 nitrogen and oxygen atoms in total. The van der Waals surface area contributed by atoms with Gasteiger partial charge in [0.25, 0.3) is 0 Å². The lowest BCUT2D eigenvalue weighted by Gasteiger charge is -2.59. The summed E-state index contributed by atoms with van der Waals surface area (Å²) in [5.41, 5.74) is -1.20. The number of carbonyl (C=O) groups excluding carboxylic acids is 3. The Balaban J connectivity index is 1.50. The molecule has 198 valence electrons. The summed E-state index contributed by atoms with van der Waals surface area (Å²) in [6.45, 7) is 9.39. The maximum Gasteiger partial charge on any atom is 0.308 e. The van der Waals surface area contributed by atoms with Crippen molar-refractivity contribution in [2.24, 2.45) is 34.5 Å². The number of hydrogen-bond donors (Lipinski definition) is 1. The van der Waals surface area contributed by atoms with Gasteiger partial charge in [0.15, 0.2) is 24.3 Å². The predicted molar refractivity (Wildman–Crippen MR) is 132 cm³/mol. The molecule has 0 spiro atoms. The number of aliphatic hydroxyl groups excluding tert-OH is 1. The van der Waals surface area contributed by atoms with Gasteiger partial charge in [-0.3, -0.25) is 14.4 Å². The first kappa shape index (κ1) is 25.8. The van der Waals surface area contributed by atoms with Crippen molar-refractivity contribution in [3.63, 3.8) is 0 Å². The maximum absolute atomic E-state index is 14.0. The fourth-order valence-corrected chi connectivity index (χ4v) is 8.42. The van der Waals surface area contributed by atoms with Crippen LogP contribution in [0.1, 0.15) is 73.1 Å². The Morgan fingerprint density at radius 2 is 2.03 bits per heavy atom. The summed E-state index contributed by atoms with van der Waals surface area (Å²) in [6, 6.07) is 0. The second-order valence-corrected chi connectivity index (χ2v) is 12.3. The van der Waals surface area contributed by atoms with Crippen molar-refractivity contribution in [2.45, 2.75) is 97.2 Å². The van der Waals surface area contributed by atoms with E-state index in [2.05, 4.69) is 20.8 Å². The van der Waals surface area contributed by atoms with Gasteiger partial charge in [0.05, 0.1) is 18.1 Å². The Morgan fingerprint density at radius 1 is 1.28 bits per heavy atom. The van der Waals surface area contributed by atoms with Crippen molar-refractivity contribution in [1.29, 1.82) is 0 Å². The molecule has 0 aromatic heterocycles. The Hall–Kier alpha value is -1.83. The topological polar surface area (TPSA) is 99.1 Å². The van der Waals surface area contributed by atoms with Crippen molar-refractivity contribution in [3.05, 3.63) is 23.8 Å². The van der Waals surface area contributed by atoms with E-state index < -0.39 is 35.5 Å². The molecule has 5 aliphatic rings. The molecule has 0 aromatic rings. The highest BCUT2D eigenvalue weighted by molar-refractivity contribution is 6.01. The minimum absolute atomic E-state index is 0.00993. The largest absolute Gasteiger partial charge is 0.457 e. The predicted octanol–water partition coefficient (Wildman–Crippen LogP) is 3.92. The highest BCUT2D eigenvalue weighted by Crippen LogP contribution is 2.69. The molecule has 3 saturated carbocycles. The normalized spacial score (nSPS) is 45.0. The van der Waals surface area contributed by atoms with Crippen molar-refractivity contribution in [3.8, 4) is 0 Å². The second kappa shape index (κ2) is 8.88. The number of allylic oxidation sites excluding steroid dienone is 4. The first-order valence-electron chi connectivity index (χ1n) is 13.6. The minimum Gasteiger partial charge on any atom is -0.457 e. The van der Waals surface area contributed by atoms with Crippen LogP contribution in [0.2, 0.25) is 0 Å². The summed E-state index contributed by atoms with van der Waals surface area (Å²) in [5.74, 6) is -0.781. The zero-order chi connectivity index (χ0) is 26.0. The number of Topliss-reactive ketones (excluding diaryl/α,β-unsaturated/α-hetero) is 1. The van der Waals surface area contributed by atoms with Crippen LogP contribution in [0.5, 0.6) is 0 Å². The number of aliphatic hydroxyl groups is 1. The third-order valence-electron chi connectivity index (χ3n) is 10.0. The van der Waals surface area contributed by atoms with E-state index in [0.717, 1.165) is 24.8 Å². The number of ketones is 2. The molecule has 0 amide bonds. The molecule has 1 heterocycles. The molecule has 1 aliphatic heterocycles. The van der Waals surface area contributed by atoms with Crippen LogP contribution in [0.25, 0.3) is 0 Å². The van der Waals surface area contributed by atoms with E-state index in [0.29, 0.717) is 19.3 Å². The molecule has 0 radical (unpaired) electrons. The van der Waals surface area contributed by atoms with Crippen molar-refractivity contribution < 1.29 is 33.7 Å². The Kier molecular flexibility index (Phi) is 6.37. The zero-order valence-corrected chi connectivity index (χ0v) is 22.1. The molecule has 1 unspecified atom stereocenters. The van der Waals surface area contributed by atoms with E-state index in [1.165, 1.54) is 0 Å². The highest BCUT2D eigenvalue weighted by atomic mass is 16.7. The van der Waals surface area contributed by atoms with E-state index in [9.17, 15) is 19.5 Å². The molecule has 0 bridgehead atoms. The van der Waals surface area contributed by atoms with E-state index >= 15 is 0 Å². The summed E-state index contributed by atoms with van der Waals surface area (Å²) in [6.07, 6.45) is 8.02. The number of carbonyl (C=O) groups is 3. The fourth-order valence-electron chi connectivity index (χ4n) is 8.42. The van der Waals surface area contributed by atoms with Crippen LogP contribution in [-0.2, 0) is 28.6 Å². The average molecular weight is 501 g/mol. The van der Waals surface area contributed by atoms with Crippen LogP contribution in [0, 0.1) is 34.5 Å². The first-order valence-corrected chi connectivity index (χ1v) is 13.6. The average Bonchev–Trinajstić information content (AvgIpc) is 3.29. The smallest absolute Gasteiger partial charge is 0.308 e. The van der Waals surface area contributed by atoms with Crippen LogP contribution >= 0.6 is 0 Å². The fraction of sp³-hybridized carbons (Fsp3) is 0.759. The molecule has 36 heavy (non-hydrogen) atoms. The van der Waals surface area contributed by atoms with Gasteiger partial charge in [-0.15, -0.1) is 0 Å². The molecule has 4 fully saturated rings. The SMILES string of the molecule is CCCC1O[C@@H]2C[C@H]3[C@@H]4CCC5=CC(=O)C=C[C@]5(C)[C@H]4[C@@H](O)C[C@]3(C)[C@]2(C(=O)COC(=O)C(C)C)O1. The van der Waals surface area contributed by atoms with Gasteiger partial charge in [0.2, 0.25) is 5.78 Å². The summed E-state index contributed by atoms with van der Waals surface area (Å²) < 4.78 is 18.4. The first-order chi connectivity index (χ1) is 17.0. The monoisotopic (exact) mass is 500 g/mol. The van der Waals surface area contributed by atoms with Crippen LogP contribution in [0.4, 0.5) is 0 Å². The summed E-state index contributed by atoms with van der Waals surface area (Å²) in [4.78, 5) is 38.2. The van der Waals surface area contributed by atoms with Gasteiger partial charge in [-0.05, 0) is 56.1 Å². The number of rotatable bonds is 6. The Labute approximate surface area is 213 Å². The highest BCUT2D eigenvalue weighted by Gasteiger charge is 2.75.